The van der Waals surface area contributed by atoms with Gasteiger partial charge in [0, 0.05) is 34.3 Å². The maximum absolute atomic E-state index is 14.3. The van der Waals surface area contributed by atoms with Gasteiger partial charge in [-0.1, -0.05) is 48.0 Å². The molecule has 0 spiro atoms. The zero-order chi connectivity index (χ0) is 28.2. The van der Waals surface area contributed by atoms with Crippen LogP contribution in [-0.4, -0.2) is 42.3 Å². The predicted molar refractivity (Wildman–Crippen MR) is 165 cm³/mol. The third-order valence-corrected chi connectivity index (χ3v) is 9.87. The van der Waals surface area contributed by atoms with Gasteiger partial charge >= 0.3 is 0 Å². The molecule has 0 saturated heterocycles. The van der Waals surface area contributed by atoms with Crippen molar-refractivity contribution in [3.8, 4) is 5.75 Å². The van der Waals surface area contributed by atoms with Crippen LogP contribution in [0, 0.1) is 0 Å². The molecule has 1 aromatic heterocycles. The lowest BCUT2D eigenvalue weighted by Gasteiger charge is -2.37. The van der Waals surface area contributed by atoms with Crippen LogP contribution in [0.5, 0.6) is 5.75 Å². The number of Topliss-reactive ketones (excluding diaryl/α,β-unsaturated/α-hetero) is 1. The van der Waals surface area contributed by atoms with Crippen molar-refractivity contribution in [2.24, 2.45) is 0 Å². The number of carbonyl (C=O) groups is 2. The lowest BCUT2D eigenvalue weighted by Crippen LogP contribution is -2.44. The Hall–Kier alpha value is -2.93. The van der Waals surface area contributed by atoms with E-state index in [1.54, 1.807) is 6.92 Å². The third kappa shape index (κ3) is 6.04. The highest BCUT2D eigenvalue weighted by atomic mass is 35.5. The fraction of sp³-hybridized carbons (Fsp3) is 0.394. The number of ether oxygens (including phenoxy) is 1. The smallest absolute Gasteiger partial charge is 0.266 e. The van der Waals surface area contributed by atoms with Gasteiger partial charge in [0.25, 0.3) is 5.91 Å². The van der Waals surface area contributed by atoms with Gasteiger partial charge in [0.15, 0.2) is 5.78 Å². The molecular formula is C33H37ClN2O3S. The van der Waals surface area contributed by atoms with E-state index in [2.05, 4.69) is 23.5 Å². The molecule has 7 heteroatoms. The molecule has 2 aliphatic carbocycles. The number of thiophene rings is 1. The van der Waals surface area contributed by atoms with Crippen LogP contribution in [0.3, 0.4) is 0 Å². The average molecular weight is 577 g/mol. The lowest BCUT2D eigenvalue weighted by atomic mass is 9.89. The highest BCUT2D eigenvalue weighted by molar-refractivity contribution is 7.21. The molecule has 5 nitrogen and oxygen atoms in total. The van der Waals surface area contributed by atoms with E-state index >= 15 is 0 Å². The molecule has 0 aliphatic heterocycles. The Balaban J connectivity index is 1.51. The van der Waals surface area contributed by atoms with Gasteiger partial charge in [-0.15, -0.1) is 11.3 Å². The Morgan fingerprint density at radius 3 is 2.50 bits per heavy atom. The van der Waals surface area contributed by atoms with Crippen LogP contribution in [0.25, 0.3) is 15.7 Å². The first kappa shape index (κ1) is 28.6. The maximum atomic E-state index is 14.3. The van der Waals surface area contributed by atoms with Crippen LogP contribution in [0.1, 0.15) is 73.2 Å². The number of carbonyl (C=O) groups excluding carboxylic acids is 2. The van der Waals surface area contributed by atoms with E-state index in [1.807, 2.05) is 55.3 Å². The molecule has 0 unspecified atom stereocenters. The molecule has 1 heterocycles. The van der Waals surface area contributed by atoms with Crippen molar-refractivity contribution in [3.05, 3.63) is 81.2 Å². The van der Waals surface area contributed by atoms with Crippen molar-refractivity contribution in [2.75, 3.05) is 13.7 Å². The summed E-state index contributed by atoms with van der Waals surface area (Å²) in [4.78, 5) is 28.7. The van der Waals surface area contributed by atoms with E-state index in [9.17, 15) is 9.59 Å². The summed E-state index contributed by atoms with van der Waals surface area (Å²) in [5.74, 6) is 0.911. The molecule has 0 bridgehead atoms. The van der Waals surface area contributed by atoms with Crippen LogP contribution in [0.15, 0.2) is 60.2 Å². The second kappa shape index (κ2) is 12.7. The van der Waals surface area contributed by atoms with Crippen LogP contribution in [0.4, 0.5) is 0 Å². The van der Waals surface area contributed by atoms with Crippen molar-refractivity contribution < 1.29 is 14.3 Å². The highest BCUT2D eigenvalue weighted by Gasteiger charge is 2.32. The largest absolute Gasteiger partial charge is 0.494 e. The van der Waals surface area contributed by atoms with Crippen molar-refractivity contribution in [1.29, 1.82) is 0 Å². The summed E-state index contributed by atoms with van der Waals surface area (Å²) in [6, 6.07) is 14.8. The first-order chi connectivity index (χ1) is 19.4. The standard InChI is InChI=1S/C33H37ClN2O3S/c1-4-39-29-18-13-24(23-11-9-22(10-12-23)21(2)37)19-25(29)20-36(27-16-14-26(35-3)15-17-27)33(38)32-31(34)28-7-5-6-8-30(28)40-32/h5-9,11,13,18-19,26-27,35H,4,10,12,14-17,20H2,1-3H3. The molecule has 1 N–H and O–H groups in total. The molecule has 1 fully saturated rings. The number of allylic oxidation sites excluding steroid dienone is 4. The zero-order valence-corrected chi connectivity index (χ0v) is 25.0. The van der Waals surface area contributed by atoms with Gasteiger partial charge in [0.1, 0.15) is 10.6 Å². The molecule has 0 radical (unpaired) electrons. The lowest BCUT2D eigenvalue weighted by molar-refractivity contribution is -0.113. The Morgan fingerprint density at radius 2 is 1.85 bits per heavy atom. The van der Waals surface area contributed by atoms with Gasteiger partial charge < -0.3 is 15.0 Å². The normalized spacial score (nSPS) is 19.2. The fourth-order valence-electron chi connectivity index (χ4n) is 5.88. The number of benzene rings is 2. The summed E-state index contributed by atoms with van der Waals surface area (Å²) in [6.45, 7) is 4.60. The van der Waals surface area contributed by atoms with Crippen molar-refractivity contribution in [3.63, 3.8) is 0 Å². The van der Waals surface area contributed by atoms with E-state index in [0.717, 1.165) is 71.1 Å². The van der Waals surface area contributed by atoms with E-state index in [0.29, 0.717) is 29.1 Å². The molecule has 3 aromatic rings. The van der Waals surface area contributed by atoms with E-state index in [-0.39, 0.29) is 17.7 Å². The molecule has 2 aromatic carbocycles. The summed E-state index contributed by atoms with van der Waals surface area (Å²) in [6.07, 6.45) is 9.48. The maximum Gasteiger partial charge on any atom is 0.266 e. The van der Waals surface area contributed by atoms with Crippen LogP contribution in [-0.2, 0) is 11.3 Å². The second-order valence-electron chi connectivity index (χ2n) is 10.7. The van der Waals surface area contributed by atoms with Gasteiger partial charge in [-0.3, -0.25) is 9.59 Å². The molecular weight excluding hydrogens is 540 g/mol. The highest BCUT2D eigenvalue weighted by Crippen LogP contribution is 2.38. The molecule has 210 valence electrons. The number of hydrogen-bond donors (Lipinski definition) is 1. The third-order valence-electron chi connectivity index (χ3n) is 8.21. The summed E-state index contributed by atoms with van der Waals surface area (Å²) in [5.41, 5.74) is 4.14. The van der Waals surface area contributed by atoms with Crippen molar-refractivity contribution in [1.82, 2.24) is 10.2 Å². The summed E-state index contributed by atoms with van der Waals surface area (Å²) in [5, 5.41) is 4.87. The van der Waals surface area contributed by atoms with Gasteiger partial charge in [0.05, 0.1) is 11.6 Å². The van der Waals surface area contributed by atoms with Crippen molar-refractivity contribution in [2.45, 2.75) is 71.0 Å². The second-order valence-corrected chi connectivity index (χ2v) is 12.1. The average Bonchev–Trinajstić information content (AvgIpc) is 3.33. The molecule has 0 atom stereocenters. The molecule has 1 amide bonds. The minimum absolute atomic E-state index is 0.0159. The monoisotopic (exact) mass is 576 g/mol. The first-order valence-electron chi connectivity index (χ1n) is 14.2. The number of nitrogens with zero attached hydrogens (tertiary/aromatic N) is 1. The first-order valence-corrected chi connectivity index (χ1v) is 15.4. The number of nitrogens with one attached hydrogen (secondary N) is 1. The minimum Gasteiger partial charge on any atom is -0.494 e. The van der Waals surface area contributed by atoms with Gasteiger partial charge in [-0.05, 0) is 94.3 Å². The SMILES string of the molecule is CCOc1ccc(C2=CC=C(C(C)=O)CC2)cc1CN(C(=O)c1sc2ccccc2c1Cl)C1CCC(NC)CC1. The Labute approximate surface area is 245 Å². The number of rotatable bonds is 9. The molecule has 40 heavy (non-hydrogen) atoms. The topological polar surface area (TPSA) is 58.6 Å². The Morgan fingerprint density at radius 1 is 1.07 bits per heavy atom. The number of fused-ring (bicyclic) bond motifs is 1. The number of halogens is 1. The van der Waals surface area contributed by atoms with Gasteiger partial charge in [0.2, 0.25) is 0 Å². The molecule has 5 rings (SSSR count). The number of amides is 1. The zero-order valence-electron chi connectivity index (χ0n) is 23.5. The summed E-state index contributed by atoms with van der Waals surface area (Å²) in [7, 11) is 2.01. The fourth-order valence-corrected chi connectivity index (χ4v) is 7.35. The number of hydrogen-bond acceptors (Lipinski definition) is 5. The predicted octanol–water partition coefficient (Wildman–Crippen LogP) is 7.82. The van der Waals surface area contributed by atoms with E-state index in [4.69, 9.17) is 16.3 Å². The van der Waals surface area contributed by atoms with Crippen LogP contribution in [0.2, 0.25) is 5.02 Å². The Bertz CT molecular complexity index is 1470. The minimum atomic E-state index is -0.0159. The Kier molecular flexibility index (Phi) is 9.09. The quantitative estimate of drug-likeness (QED) is 0.282. The van der Waals surface area contributed by atoms with Crippen LogP contribution >= 0.6 is 22.9 Å². The summed E-state index contributed by atoms with van der Waals surface area (Å²) >= 11 is 8.29. The van der Waals surface area contributed by atoms with E-state index < -0.39 is 0 Å². The molecule has 1 saturated carbocycles. The van der Waals surface area contributed by atoms with E-state index in [1.165, 1.54) is 16.9 Å². The number of ketones is 1. The van der Waals surface area contributed by atoms with Crippen LogP contribution < -0.4 is 10.1 Å². The van der Waals surface area contributed by atoms with Gasteiger partial charge in [-0.2, -0.15) is 0 Å². The molecule has 2 aliphatic rings. The van der Waals surface area contributed by atoms with Gasteiger partial charge in [-0.25, -0.2) is 0 Å². The van der Waals surface area contributed by atoms with Crippen molar-refractivity contribution >= 4 is 50.3 Å². The summed E-state index contributed by atoms with van der Waals surface area (Å²) < 4.78 is 7.08.